The molecular weight excluding hydrogens is 1010 g/mol. The molecule has 5 aromatic rings. The van der Waals surface area contributed by atoms with Gasteiger partial charge in [0, 0.05) is 0 Å². The van der Waals surface area contributed by atoms with E-state index in [4.69, 9.17) is 20.3 Å². The van der Waals surface area contributed by atoms with Crippen molar-refractivity contribution in [2.24, 2.45) is 0 Å². The molecule has 17 heteroatoms. The third-order valence-electron chi connectivity index (χ3n) is 8.23. The zero-order valence-electron chi connectivity index (χ0n) is 28.7. The van der Waals surface area contributed by atoms with E-state index >= 15 is 0 Å². The van der Waals surface area contributed by atoms with Gasteiger partial charge in [0.05, 0.1) is 0 Å². The maximum atomic E-state index is 14.8. The van der Waals surface area contributed by atoms with Crippen LogP contribution in [-0.4, -0.2) is 61.4 Å². The monoisotopic (exact) mass is 1040 g/mol. The van der Waals surface area contributed by atoms with Crippen molar-refractivity contribution in [2.75, 3.05) is 21.3 Å². The Morgan fingerprint density at radius 1 is 0.611 bits per heavy atom. The fourth-order valence-corrected chi connectivity index (χ4v) is 22.8. The van der Waals surface area contributed by atoms with Gasteiger partial charge in [0.25, 0.3) is 0 Å². The van der Waals surface area contributed by atoms with E-state index in [1.54, 1.807) is 54.6 Å². The summed E-state index contributed by atoms with van der Waals surface area (Å²) in [5.74, 6) is -1.67. The van der Waals surface area contributed by atoms with Crippen molar-refractivity contribution in [2.45, 2.75) is 12.8 Å². The topological polar surface area (TPSA) is 167 Å². The second-order valence-corrected chi connectivity index (χ2v) is 24.8. The van der Waals surface area contributed by atoms with Crippen LogP contribution in [0.25, 0.3) is 0 Å². The number of nitro groups is 1. The van der Waals surface area contributed by atoms with E-state index in [0.29, 0.717) is 24.5 Å². The molecule has 0 spiro atoms. The molecule has 0 bridgehead atoms. The third-order valence-corrected chi connectivity index (χ3v) is 23.1. The number of carboxylic acid groups (broad SMARTS) is 1. The average molecular weight is 1040 g/mol. The van der Waals surface area contributed by atoms with E-state index in [0.717, 1.165) is 0 Å². The van der Waals surface area contributed by atoms with Crippen LogP contribution in [0.5, 0.6) is 17.2 Å². The summed E-state index contributed by atoms with van der Waals surface area (Å²) in [7, 11) is 4.24. The van der Waals surface area contributed by atoms with Crippen molar-refractivity contribution in [3.8, 4) is 17.2 Å². The molecule has 54 heavy (non-hydrogen) atoms. The first-order chi connectivity index (χ1) is 25.7. The van der Waals surface area contributed by atoms with E-state index in [1.807, 2.05) is 0 Å². The zero-order chi connectivity index (χ0) is 39.2. The first kappa shape index (κ1) is 40.7. The van der Waals surface area contributed by atoms with Crippen LogP contribution in [0.2, 0.25) is 0 Å². The van der Waals surface area contributed by atoms with Crippen LogP contribution in [0.4, 0.5) is 11.4 Å². The zero-order valence-corrected chi connectivity index (χ0v) is 36.0. The fourth-order valence-electron chi connectivity index (χ4n) is 5.85. The minimum absolute atomic E-state index is 0.0846. The van der Waals surface area contributed by atoms with E-state index in [-0.39, 0.29) is 44.1 Å². The summed E-state index contributed by atoms with van der Waals surface area (Å²) in [6.45, 7) is 0. The number of non-ortho nitro benzene ring substituents is 1. The van der Waals surface area contributed by atoms with E-state index in [2.05, 4.69) is 47.8 Å². The summed E-state index contributed by atoms with van der Waals surface area (Å²) in [5, 5.41) is 22.7. The number of hydrogen-bond acceptors (Lipinski definition) is 11. The van der Waals surface area contributed by atoms with Gasteiger partial charge in [-0.15, -0.1) is 0 Å². The van der Waals surface area contributed by atoms with Crippen LogP contribution in [-0.2, 0) is 28.6 Å². The number of aliphatic carboxylic acids is 1. The van der Waals surface area contributed by atoms with Gasteiger partial charge in [0.2, 0.25) is 0 Å². The van der Waals surface area contributed by atoms with Crippen LogP contribution in [0, 0.1) is 15.0 Å². The predicted molar refractivity (Wildman–Crippen MR) is 209 cm³/mol. The maximum absolute atomic E-state index is 14.8. The normalized spacial score (nSPS) is 11.8. The molecular formula is C37H30Br3N2O11Sb. The van der Waals surface area contributed by atoms with Gasteiger partial charge < -0.3 is 0 Å². The number of nitro benzene ring substituents is 1. The SMILES string of the molecule is COc1ccc(Br)c[c]1[Sb]([O]C(=O)Cc1ccc([N+](=O)[O-])cc1)([O][N+](=O)c1ccc(CC(=O)[O-])cc1)([c]1cc(Br)ccc1OC)[c]1cc(Br)ccc1OC. The summed E-state index contributed by atoms with van der Waals surface area (Å²) in [5.41, 5.74) is 0.467. The summed E-state index contributed by atoms with van der Waals surface area (Å²) in [4.78, 5) is 51.9. The van der Waals surface area contributed by atoms with Gasteiger partial charge in [-0.25, -0.2) is 0 Å². The number of carbonyl (C=O) groups is 2. The van der Waals surface area contributed by atoms with Crippen molar-refractivity contribution in [1.29, 1.82) is 0 Å². The van der Waals surface area contributed by atoms with Gasteiger partial charge >= 0.3 is 339 Å². The number of carbonyl (C=O) groups excluding carboxylic acids is 2. The summed E-state index contributed by atoms with van der Waals surface area (Å²) in [6, 6.07) is 25.8. The molecule has 0 aromatic heterocycles. The Balaban J connectivity index is 1.97. The Morgan fingerprint density at radius 3 is 1.37 bits per heavy atom. The molecule has 0 amide bonds. The number of carboxylic acids is 1. The standard InChI is InChI=1S/2C8H7NO4.3C7H6BrO.Sb/c2*10-8(11)5-6-1-3-7(4-2-6)9(12)13;3*1-9-7-4-2-6(8)3-5-7;/h2*1-4H,5H2,(H,10,11);3*2-4H,1H3;/q;;;;;+2/p-2. The molecule has 13 nitrogen and oxygen atoms in total. The molecule has 0 heterocycles. The molecule has 0 aliphatic carbocycles. The molecule has 280 valence electrons. The molecule has 0 unspecified atom stereocenters. The van der Waals surface area contributed by atoms with Gasteiger partial charge in [-0.3, -0.25) is 0 Å². The van der Waals surface area contributed by atoms with Gasteiger partial charge in [0.15, 0.2) is 0 Å². The van der Waals surface area contributed by atoms with Crippen molar-refractivity contribution in [3.05, 3.63) is 143 Å². The Labute approximate surface area is 336 Å². The number of methoxy groups -OCH3 is 3. The summed E-state index contributed by atoms with van der Waals surface area (Å²) < 4.78 is 33.8. The van der Waals surface area contributed by atoms with Gasteiger partial charge in [0.1, 0.15) is 0 Å². The van der Waals surface area contributed by atoms with Crippen LogP contribution < -0.4 is 29.8 Å². The van der Waals surface area contributed by atoms with Crippen LogP contribution >= 0.6 is 47.8 Å². The summed E-state index contributed by atoms with van der Waals surface area (Å²) in [6.07, 6.45) is -0.813. The third kappa shape index (κ3) is 8.11. The minimum atomic E-state index is -7.10. The van der Waals surface area contributed by atoms with Crippen molar-refractivity contribution in [3.63, 3.8) is 0 Å². The molecule has 0 atom stereocenters. The number of benzene rings is 5. The molecule has 0 fully saturated rings. The Hall–Kier alpha value is -4.50. The second-order valence-electron chi connectivity index (χ2n) is 11.5. The van der Waals surface area contributed by atoms with Crippen LogP contribution in [0.1, 0.15) is 11.1 Å². The summed E-state index contributed by atoms with van der Waals surface area (Å²) >= 11 is 3.59. The number of nitrogens with zero attached hydrogens (tertiary/aromatic N) is 2. The first-order valence-corrected chi connectivity index (χ1v) is 24.0. The van der Waals surface area contributed by atoms with E-state index < -0.39 is 47.9 Å². The first-order valence-electron chi connectivity index (χ1n) is 15.7. The van der Waals surface area contributed by atoms with E-state index in [1.165, 1.54) is 69.9 Å². The van der Waals surface area contributed by atoms with Gasteiger partial charge in [-0.05, 0) is 0 Å². The number of hydrogen-bond donors (Lipinski definition) is 0. The molecule has 0 N–H and O–H groups in total. The van der Waals surface area contributed by atoms with Gasteiger partial charge in [-0.1, -0.05) is 0 Å². The molecule has 0 aliphatic rings. The van der Waals surface area contributed by atoms with Crippen molar-refractivity contribution in [1.82, 2.24) is 0 Å². The van der Waals surface area contributed by atoms with E-state index in [9.17, 15) is 29.7 Å². The second kappa shape index (κ2) is 16.9. The Morgan fingerprint density at radius 2 is 1.00 bits per heavy atom. The predicted octanol–water partition coefficient (Wildman–Crippen LogP) is 5.45. The van der Waals surface area contributed by atoms with Crippen molar-refractivity contribution < 1.29 is 44.9 Å². The number of ether oxygens (including phenoxy) is 3. The van der Waals surface area contributed by atoms with Crippen LogP contribution in [0.3, 0.4) is 0 Å². The molecule has 0 saturated carbocycles. The quantitative estimate of drug-likeness (QED) is 0.0744. The Kier molecular flexibility index (Phi) is 12.7. The molecule has 0 saturated heterocycles. The average Bonchev–Trinajstić information content (AvgIpc) is 3.14. The molecule has 0 radical (unpaired) electrons. The molecule has 0 aliphatic heterocycles. The molecule has 5 aromatic carbocycles. The number of rotatable bonds is 15. The number of halogens is 3. The Bertz CT molecular complexity index is 2120. The van der Waals surface area contributed by atoms with Crippen LogP contribution in [0.15, 0.2) is 117 Å². The molecule has 5 rings (SSSR count). The fraction of sp³-hybridized carbons (Fsp3) is 0.135. The van der Waals surface area contributed by atoms with Gasteiger partial charge in [-0.2, -0.15) is 0 Å². The van der Waals surface area contributed by atoms with Crippen molar-refractivity contribution >= 4 is 99.9 Å².